The SMILES string of the molecule is COc1ccc(CCN(CC(C)(C)C)C(=O)c2coc(CN)c2)cc1.Cl. The maximum Gasteiger partial charge on any atom is 0.257 e. The zero-order chi connectivity index (χ0) is 18.4. The summed E-state index contributed by atoms with van der Waals surface area (Å²) in [7, 11) is 1.65. The normalized spacial score (nSPS) is 11.0. The lowest BCUT2D eigenvalue weighted by atomic mass is 9.95. The molecule has 1 heterocycles. The second-order valence-electron chi connectivity index (χ2n) is 7.39. The van der Waals surface area contributed by atoms with Gasteiger partial charge in [0.05, 0.1) is 19.2 Å². The molecule has 1 aromatic heterocycles. The van der Waals surface area contributed by atoms with E-state index in [4.69, 9.17) is 14.9 Å². The number of methoxy groups -OCH3 is 1. The van der Waals surface area contributed by atoms with Crippen molar-refractivity contribution < 1.29 is 13.9 Å². The second kappa shape index (κ2) is 9.64. The van der Waals surface area contributed by atoms with Crippen LogP contribution in [0.4, 0.5) is 0 Å². The van der Waals surface area contributed by atoms with E-state index in [1.165, 1.54) is 11.8 Å². The fraction of sp³-hybridized carbons (Fsp3) is 0.450. The summed E-state index contributed by atoms with van der Waals surface area (Å²) in [6, 6.07) is 9.67. The van der Waals surface area contributed by atoms with Crippen molar-refractivity contribution in [2.24, 2.45) is 11.1 Å². The van der Waals surface area contributed by atoms with Crippen molar-refractivity contribution in [2.75, 3.05) is 20.2 Å². The Kier molecular flexibility index (Phi) is 8.18. The van der Waals surface area contributed by atoms with Crippen LogP contribution in [0.1, 0.15) is 42.5 Å². The van der Waals surface area contributed by atoms with Gasteiger partial charge in [-0.2, -0.15) is 0 Å². The van der Waals surface area contributed by atoms with Crippen LogP contribution < -0.4 is 10.5 Å². The number of nitrogens with two attached hydrogens (primary N) is 1. The largest absolute Gasteiger partial charge is 0.497 e. The molecule has 2 N–H and O–H groups in total. The van der Waals surface area contributed by atoms with Gasteiger partial charge in [-0.05, 0) is 35.6 Å². The highest BCUT2D eigenvalue weighted by atomic mass is 35.5. The van der Waals surface area contributed by atoms with Gasteiger partial charge in [-0.3, -0.25) is 4.79 Å². The molecule has 6 heteroatoms. The first-order valence-electron chi connectivity index (χ1n) is 8.52. The third-order valence-corrected chi connectivity index (χ3v) is 3.88. The molecule has 0 aliphatic heterocycles. The molecule has 5 nitrogen and oxygen atoms in total. The lowest BCUT2D eigenvalue weighted by Gasteiger charge is -2.30. The van der Waals surface area contributed by atoms with Gasteiger partial charge in [-0.1, -0.05) is 32.9 Å². The topological polar surface area (TPSA) is 68.7 Å². The summed E-state index contributed by atoms with van der Waals surface area (Å²) >= 11 is 0. The molecular formula is C20H29ClN2O3. The molecule has 0 fully saturated rings. The Morgan fingerprint density at radius 2 is 1.88 bits per heavy atom. The summed E-state index contributed by atoms with van der Waals surface area (Å²) in [6.07, 6.45) is 2.28. The van der Waals surface area contributed by atoms with E-state index in [9.17, 15) is 4.79 Å². The fourth-order valence-corrected chi connectivity index (χ4v) is 2.66. The minimum atomic E-state index is -0.0214. The standard InChI is InChI=1S/C20H28N2O3.ClH/c1-20(2,3)14-22(19(23)16-11-18(12-21)25-13-16)10-9-15-5-7-17(24-4)8-6-15;/h5-8,11,13H,9-10,12,14,21H2,1-4H3;1H. The molecule has 0 aliphatic rings. The number of hydrogen-bond donors (Lipinski definition) is 1. The van der Waals surface area contributed by atoms with Crippen LogP contribution in [0.3, 0.4) is 0 Å². The molecule has 2 aromatic rings. The molecular weight excluding hydrogens is 352 g/mol. The molecule has 0 spiro atoms. The summed E-state index contributed by atoms with van der Waals surface area (Å²) in [5.74, 6) is 1.43. The number of amides is 1. The van der Waals surface area contributed by atoms with E-state index in [1.54, 1.807) is 13.2 Å². The Labute approximate surface area is 161 Å². The quantitative estimate of drug-likeness (QED) is 0.790. The molecule has 2 rings (SSSR count). The molecule has 144 valence electrons. The van der Waals surface area contributed by atoms with Gasteiger partial charge >= 0.3 is 0 Å². The minimum absolute atomic E-state index is 0. The number of benzene rings is 1. The third kappa shape index (κ3) is 6.39. The van der Waals surface area contributed by atoms with Crippen LogP contribution in [-0.4, -0.2) is 31.0 Å². The van der Waals surface area contributed by atoms with Crippen LogP contribution in [0.15, 0.2) is 41.0 Å². The van der Waals surface area contributed by atoms with Crippen LogP contribution in [0.25, 0.3) is 0 Å². The van der Waals surface area contributed by atoms with Gasteiger partial charge in [0.2, 0.25) is 0 Å². The highest BCUT2D eigenvalue weighted by Gasteiger charge is 2.23. The van der Waals surface area contributed by atoms with Crippen LogP contribution in [0.2, 0.25) is 0 Å². The number of carbonyl (C=O) groups is 1. The molecule has 0 saturated carbocycles. The van der Waals surface area contributed by atoms with Crippen molar-refractivity contribution >= 4 is 18.3 Å². The summed E-state index contributed by atoms with van der Waals surface area (Å²) in [6.45, 7) is 7.99. The van der Waals surface area contributed by atoms with E-state index in [2.05, 4.69) is 20.8 Å². The van der Waals surface area contributed by atoms with Crippen molar-refractivity contribution in [1.82, 2.24) is 4.90 Å². The molecule has 0 aliphatic carbocycles. The Balaban J connectivity index is 0.00000338. The van der Waals surface area contributed by atoms with Crippen LogP contribution in [0.5, 0.6) is 5.75 Å². The number of furan rings is 1. The maximum atomic E-state index is 12.9. The van der Waals surface area contributed by atoms with Crippen molar-refractivity contribution in [3.8, 4) is 5.75 Å². The molecule has 0 atom stereocenters. The smallest absolute Gasteiger partial charge is 0.257 e. The highest BCUT2D eigenvalue weighted by molar-refractivity contribution is 5.94. The van der Waals surface area contributed by atoms with E-state index >= 15 is 0 Å². The summed E-state index contributed by atoms with van der Waals surface area (Å²) in [5.41, 5.74) is 7.30. The van der Waals surface area contributed by atoms with Crippen molar-refractivity contribution in [3.05, 3.63) is 53.5 Å². The predicted octanol–water partition coefficient (Wildman–Crippen LogP) is 3.90. The lowest BCUT2D eigenvalue weighted by Crippen LogP contribution is -2.39. The van der Waals surface area contributed by atoms with Crippen LogP contribution in [0, 0.1) is 5.41 Å². The first-order valence-corrected chi connectivity index (χ1v) is 8.52. The van der Waals surface area contributed by atoms with Gasteiger partial charge in [0.1, 0.15) is 17.8 Å². The molecule has 0 unspecified atom stereocenters. The van der Waals surface area contributed by atoms with Crippen molar-refractivity contribution in [2.45, 2.75) is 33.7 Å². The first kappa shape index (κ1) is 22.1. The van der Waals surface area contributed by atoms with E-state index < -0.39 is 0 Å². The van der Waals surface area contributed by atoms with Crippen molar-refractivity contribution in [3.63, 3.8) is 0 Å². The Morgan fingerprint density at radius 1 is 1.23 bits per heavy atom. The van der Waals surface area contributed by atoms with Gasteiger partial charge in [0.15, 0.2) is 0 Å². The van der Waals surface area contributed by atoms with Gasteiger partial charge in [-0.25, -0.2) is 0 Å². The lowest BCUT2D eigenvalue weighted by molar-refractivity contribution is 0.0697. The van der Waals surface area contributed by atoms with Gasteiger partial charge in [0, 0.05) is 13.1 Å². The molecule has 0 bridgehead atoms. The summed E-state index contributed by atoms with van der Waals surface area (Å²) < 4.78 is 10.5. The molecule has 1 amide bonds. The fourth-order valence-electron chi connectivity index (χ4n) is 2.66. The summed E-state index contributed by atoms with van der Waals surface area (Å²) in [5, 5.41) is 0. The van der Waals surface area contributed by atoms with Gasteiger partial charge in [0.25, 0.3) is 5.91 Å². The first-order chi connectivity index (χ1) is 11.8. The average molecular weight is 381 g/mol. The Bertz CT molecular complexity index is 690. The molecule has 0 radical (unpaired) electrons. The zero-order valence-corrected chi connectivity index (χ0v) is 16.8. The Hall–Kier alpha value is -1.98. The maximum absolute atomic E-state index is 12.9. The van der Waals surface area contributed by atoms with E-state index in [0.29, 0.717) is 31.0 Å². The number of halogens is 1. The van der Waals surface area contributed by atoms with E-state index in [-0.39, 0.29) is 23.7 Å². The van der Waals surface area contributed by atoms with Crippen LogP contribution in [-0.2, 0) is 13.0 Å². The second-order valence-corrected chi connectivity index (χ2v) is 7.39. The number of rotatable bonds is 7. The predicted molar refractivity (Wildman–Crippen MR) is 106 cm³/mol. The van der Waals surface area contributed by atoms with Crippen LogP contribution >= 0.6 is 12.4 Å². The average Bonchev–Trinajstić information content (AvgIpc) is 3.06. The minimum Gasteiger partial charge on any atom is -0.497 e. The van der Waals surface area contributed by atoms with E-state index in [0.717, 1.165) is 12.2 Å². The monoisotopic (exact) mass is 380 g/mol. The van der Waals surface area contributed by atoms with Crippen molar-refractivity contribution in [1.29, 1.82) is 0 Å². The number of carbonyl (C=O) groups excluding carboxylic acids is 1. The number of ether oxygens (including phenoxy) is 1. The Morgan fingerprint density at radius 3 is 2.38 bits per heavy atom. The van der Waals surface area contributed by atoms with Gasteiger partial charge in [-0.15, -0.1) is 12.4 Å². The third-order valence-electron chi connectivity index (χ3n) is 3.88. The summed E-state index contributed by atoms with van der Waals surface area (Å²) in [4.78, 5) is 14.8. The highest BCUT2D eigenvalue weighted by Crippen LogP contribution is 2.19. The van der Waals surface area contributed by atoms with Gasteiger partial charge < -0.3 is 19.8 Å². The molecule has 1 aromatic carbocycles. The zero-order valence-electron chi connectivity index (χ0n) is 16.0. The number of nitrogens with zero attached hydrogens (tertiary/aromatic N) is 1. The molecule has 0 saturated heterocycles. The van der Waals surface area contributed by atoms with E-state index in [1.807, 2.05) is 29.2 Å². The molecule has 26 heavy (non-hydrogen) atoms. The number of hydrogen-bond acceptors (Lipinski definition) is 4.